The van der Waals surface area contributed by atoms with Gasteiger partial charge in [0.1, 0.15) is 0 Å². The van der Waals surface area contributed by atoms with E-state index in [1.165, 1.54) is 0 Å². The summed E-state index contributed by atoms with van der Waals surface area (Å²) >= 11 is 0. The molecular weight excluding hydrogens is 176 g/mol. The predicted octanol–water partition coefficient (Wildman–Crippen LogP) is 1.44. The standard InChI is InChI=1S/C10H20N4/c1-3-5-9(8-11)13-10-12-6-7-14(10)4-2/h6-7,9H,3-5,8,11H2,1-2H3,(H,12,13). The van der Waals surface area contributed by atoms with Gasteiger partial charge in [0.25, 0.3) is 0 Å². The van der Waals surface area contributed by atoms with Crippen LogP contribution in [0.2, 0.25) is 0 Å². The zero-order valence-electron chi connectivity index (χ0n) is 9.03. The zero-order valence-corrected chi connectivity index (χ0v) is 9.03. The molecule has 1 heterocycles. The maximum absolute atomic E-state index is 5.67. The second kappa shape index (κ2) is 5.65. The molecule has 0 aliphatic heterocycles. The van der Waals surface area contributed by atoms with Gasteiger partial charge in [0.05, 0.1) is 0 Å². The molecule has 0 amide bonds. The van der Waals surface area contributed by atoms with E-state index in [0.717, 1.165) is 25.3 Å². The van der Waals surface area contributed by atoms with E-state index in [9.17, 15) is 0 Å². The number of nitrogens with zero attached hydrogens (tertiary/aromatic N) is 2. The second-order valence-electron chi connectivity index (χ2n) is 3.40. The number of aryl methyl sites for hydroxylation is 1. The summed E-state index contributed by atoms with van der Waals surface area (Å²) in [4.78, 5) is 4.25. The van der Waals surface area contributed by atoms with Gasteiger partial charge in [-0.15, -0.1) is 0 Å². The SMILES string of the molecule is CCCC(CN)Nc1nccn1CC. The summed E-state index contributed by atoms with van der Waals surface area (Å²) in [6.45, 7) is 5.86. The minimum atomic E-state index is 0.340. The smallest absolute Gasteiger partial charge is 0.203 e. The summed E-state index contributed by atoms with van der Waals surface area (Å²) in [5.41, 5.74) is 5.67. The molecule has 0 fully saturated rings. The highest BCUT2D eigenvalue weighted by Crippen LogP contribution is 2.07. The highest BCUT2D eigenvalue weighted by Gasteiger charge is 2.07. The molecule has 0 bridgehead atoms. The maximum atomic E-state index is 5.67. The molecule has 0 aliphatic rings. The molecule has 4 heteroatoms. The molecule has 1 unspecified atom stereocenters. The molecule has 0 radical (unpaired) electrons. The van der Waals surface area contributed by atoms with Gasteiger partial charge < -0.3 is 15.6 Å². The van der Waals surface area contributed by atoms with E-state index >= 15 is 0 Å². The van der Waals surface area contributed by atoms with Crippen molar-refractivity contribution < 1.29 is 0 Å². The van der Waals surface area contributed by atoms with E-state index in [0.29, 0.717) is 12.6 Å². The van der Waals surface area contributed by atoms with Crippen LogP contribution in [0.15, 0.2) is 12.4 Å². The topological polar surface area (TPSA) is 55.9 Å². The fourth-order valence-electron chi connectivity index (χ4n) is 1.48. The van der Waals surface area contributed by atoms with Crippen LogP contribution in [-0.2, 0) is 6.54 Å². The number of anilines is 1. The van der Waals surface area contributed by atoms with Gasteiger partial charge in [-0.05, 0) is 13.3 Å². The molecule has 0 saturated carbocycles. The van der Waals surface area contributed by atoms with Gasteiger partial charge >= 0.3 is 0 Å². The van der Waals surface area contributed by atoms with Crippen LogP contribution < -0.4 is 11.1 Å². The molecule has 1 rings (SSSR count). The van der Waals surface area contributed by atoms with Crippen LogP contribution in [0.1, 0.15) is 26.7 Å². The Balaban J connectivity index is 2.56. The number of aromatic nitrogens is 2. The normalized spacial score (nSPS) is 12.8. The lowest BCUT2D eigenvalue weighted by Crippen LogP contribution is -2.29. The van der Waals surface area contributed by atoms with Crippen LogP contribution >= 0.6 is 0 Å². The number of nitrogens with two attached hydrogens (primary N) is 1. The Morgan fingerprint density at radius 3 is 2.93 bits per heavy atom. The Labute approximate surface area is 85.5 Å². The second-order valence-corrected chi connectivity index (χ2v) is 3.40. The van der Waals surface area contributed by atoms with Crippen molar-refractivity contribution in [2.24, 2.45) is 5.73 Å². The van der Waals surface area contributed by atoms with Crippen LogP contribution in [0.3, 0.4) is 0 Å². The average molecular weight is 196 g/mol. The number of imidazole rings is 1. The number of hydrogen-bond donors (Lipinski definition) is 2. The minimum Gasteiger partial charge on any atom is -0.352 e. The Morgan fingerprint density at radius 2 is 2.36 bits per heavy atom. The molecule has 3 N–H and O–H groups in total. The van der Waals surface area contributed by atoms with Gasteiger partial charge in [0.2, 0.25) is 5.95 Å². The summed E-state index contributed by atoms with van der Waals surface area (Å²) < 4.78 is 2.08. The quantitative estimate of drug-likeness (QED) is 0.724. The van der Waals surface area contributed by atoms with E-state index in [1.54, 1.807) is 0 Å². The molecular formula is C10H20N4. The van der Waals surface area contributed by atoms with Crippen molar-refractivity contribution in [1.29, 1.82) is 0 Å². The van der Waals surface area contributed by atoms with Gasteiger partial charge in [0, 0.05) is 31.5 Å². The summed E-state index contributed by atoms with van der Waals surface area (Å²) in [6, 6.07) is 0.340. The largest absolute Gasteiger partial charge is 0.352 e. The molecule has 1 aromatic rings. The molecule has 1 aromatic heterocycles. The molecule has 14 heavy (non-hydrogen) atoms. The fraction of sp³-hybridized carbons (Fsp3) is 0.700. The number of nitrogens with one attached hydrogen (secondary N) is 1. The minimum absolute atomic E-state index is 0.340. The summed E-state index contributed by atoms with van der Waals surface area (Å²) in [7, 11) is 0. The van der Waals surface area contributed by atoms with Crippen molar-refractivity contribution in [3.8, 4) is 0 Å². The van der Waals surface area contributed by atoms with E-state index in [-0.39, 0.29) is 0 Å². The number of hydrogen-bond acceptors (Lipinski definition) is 3. The fourth-order valence-corrected chi connectivity index (χ4v) is 1.48. The van der Waals surface area contributed by atoms with Gasteiger partial charge in [-0.25, -0.2) is 4.98 Å². The molecule has 0 aromatic carbocycles. The zero-order chi connectivity index (χ0) is 10.4. The Morgan fingerprint density at radius 1 is 1.57 bits per heavy atom. The lowest BCUT2D eigenvalue weighted by atomic mass is 10.2. The molecule has 0 saturated heterocycles. The molecule has 0 spiro atoms. The first-order valence-corrected chi connectivity index (χ1v) is 5.29. The first-order chi connectivity index (χ1) is 6.81. The lowest BCUT2D eigenvalue weighted by molar-refractivity contribution is 0.632. The van der Waals surface area contributed by atoms with Crippen LogP contribution in [0, 0.1) is 0 Å². The molecule has 0 aliphatic carbocycles. The molecule has 80 valence electrons. The van der Waals surface area contributed by atoms with Crippen LogP contribution in [0.5, 0.6) is 0 Å². The Hall–Kier alpha value is -1.03. The van der Waals surface area contributed by atoms with Crippen molar-refractivity contribution in [3.63, 3.8) is 0 Å². The van der Waals surface area contributed by atoms with E-state index in [4.69, 9.17) is 5.73 Å². The maximum Gasteiger partial charge on any atom is 0.203 e. The molecule has 4 nitrogen and oxygen atoms in total. The van der Waals surface area contributed by atoms with Gasteiger partial charge in [-0.3, -0.25) is 0 Å². The van der Waals surface area contributed by atoms with Crippen molar-refractivity contribution in [3.05, 3.63) is 12.4 Å². The third-order valence-corrected chi connectivity index (χ3v) is 2.31. The van der Waals surface area contributed by atoms with Gasteiger partial charge in [-0.1, -0.05) is 13.3 Å². The van der Waals surface area contributed by atoms with Crippen molar-refractivity contribution in [1.82, 2.24) is 9.55 Å². The van der Waals surface area contributed by atoms with Crippen molar-refractivity contribution >= 4 is 5.95 Å². The summed E-state index contributed by atoms with van der Waals surface area (Å²) in [5, 5.41) is 3.36. The average Bonchev–Trinajstić information content (AvgIpc) is 2.64. The van der Waals surface area contributed by atoms with E-state index in [2.05, 4.69) is 28.7 Å². The number of rotatable bonds is 6. The van der Waals surface area contributed by atoms with E-state index in [1.807, 2.05) is 12.4 Å². The van der Waals surface area contributed by atoms with E-state index < -0.39 is 0 Å². The monoisotopic (exact) mass is 196 g/mol. The van der Waals surface area contributed by atoms with Crippen LogP contribution in [0.4, 0.5) is 5.95 Å². The summed E-state index contributed by atoms with van der Waals surface area (Å²) in [5.74, 6) is 0.927. The Kier molecular flexibility index (Phi) is 4.46. The first-order valence-electron chi connectivity index (χ1n) is 5.29. The third-order valence-electron chi connectivity index (χ3n) is 2.31. The highest BCUT2D eigenvalue weighted by molar-refractivity contribution is 5.27. The Bertz CT molecular complexity index is 256. The lowest BCUT2D eigenvalue weighted by Gasteiger charge is -2.17. The van der Waals surface area contributed by atoms with Gasteiger partial charge in [-0.2, -0.15) is 0 Å². The van der Waals surface area contributed by atoms with Crippen molar-refractivity contribution in [2.75, 3.05) is 11.9 Å². The first kappa shape index (κ1) is 11.0. The molecule has 1 atom stereocenters. The van der Waals surface area contributed by atoms with Gasteiger partial charge in [0.15, 0.2) is 0 Å². The third kappa shape index (κ3) is 2.73. The highest BCUT2D eigenvalue weighted by atomic mass is 15.2. The predicted molar refractivity (Wildman–Crippen MR) is 59.3 cm³/mol. The summed E-state index contributed by atoms with van der Waals surface area (Å²) in [6.07, 6.45) is 6.02. The van der Waals surface area contributed by atoms with Crippen LogP contribution in [-0.4, -0.2) is 22.1 Å². The van der Waals surface area contributed by atoms with Crippen LogP contribution in [0.25, 0.3) is 0 Å². The van der Waals surface area contributed by atoms with Crippen molar-refractivity contribution in [2.45, 2.75) is 39.3 Å².